The molecule has 4 heteroatoms. The molecule has 2 rings (SSSR count). The van der Waals surface area contributed by atoms with Crippen LogP contribution in [0, 0.1) is 5.92 Å². The standard InChI is InChI=1S/C12H19NO3/c14-11(8-9-5-6-9)13-7-3-1-2-4-10(13)12(15)16/h9-10H,1-8H2,(H,15,16). The summed E-state index contributed by atoms with van der Waals surface area (Å²) < 4.78 is 0. The first-order valence-electron chi connectivity index (χ1n) is 6.21. The van der Waals surface area contributed by atoms with Crippen molar-refractivity contribution in [2.75, 3.05) is 6.54 Å². The lowest BCUT2D eigenvalue weighted by molar-refractivity contribution is -0.150. The molecule has 0 bridgehead atoms. The second kappa shape index (κ2) is 4.85. The van der Waals surface area contributed by atoms with E-state index in [1.54, 1.807) is 4.90 Å². The summed E-state index contributed by atoms with van der Waals surface area (Å²) in [6.45, 7) is 0.628. The fourth-order valence-corrected chi connectivity index (χ4v) is 2.35. The summed E-state index contributed by atoms with van der Waals surface area (Å²) in [7, 11) is 0. The molecule has 0 radical (unpaired) electrons. The van der Waals surface area contributed by atoms with Crippen LogP contribution in [0.4, 0.5) is 0 Å². The van der Waals surface area contributed by atoms with E-state index in [9.17, 15) is 9.59 Å². The van der Waals surface area contributed by atoms with E-state index >= 15 is 0 Å². The highest BCUT2D eigenvalue weighted by atomic mass is 16.4. The average Bonchev–Trinajstić information content (AvgIpc) is 3.01. The van der Waals surface area contributed by atoms with E-state index in [1.165, 1.54) is 0 Å². The maximum atomic E-state index is 12.0. The molecule has 16 heavy (non-hydrogen) atoms. The number of likely N-dealkylation sites (tertiary alicyclic amines) is 1. The summed E-state index contributed by atoms with van der Waals surface area (Å²) in [5, 5.41) is 9.14. The smallest absolute Gasteiger partial charge is 0.326 e. The van der Waals surface area contributed by atoms with Crippen molar-refractivity contribution in [2.45, 2.75) is 51.0 Å². The van der Waals surface area contributed by atoms with Gasteiger partial charge in [0, 0.05) is 13.0 Å². The van der Waals surface area contributed by atoms with E-state index in [-0.39, 0.29) is 5.91 Å². The molecule has 0 aromatic carbocycles. The first-order chi connectivity index (χ1) is 7.68. The van der Waals surface area contributed by atoms with Crippen LogP contribution in [-0.4, -0.2) is 34.5 Å². The lowest BCUT2D eigenvalue weighted by Crippen LogP contribution is -2.44. The molecule has 0 aromatic rings. The molecule has 1 amide bonds. The molecule has 1 aliphatic heterocycles. The molecule has 1 saturated heterocycles. The van der Waals surface area contributed by atoms with Gasteiger partial charge in [0.2, 0.25) is 5.91 Å². The van der Waals surface area contributed by atoms with Gasteiger partial charge in [0.1, 0.15) is 6.04 Å². The number of aliphatic carboxylic acids is 1. The van der Waals surface area contributed by atoms with Gasteiger partial charge in [0.05, 0.1) is 0 Å². The molecule has 0 spiro atoms. The molecular formula is C12H19NO3. The van der Waals surface area contributed by atoms with Crippen molar-refractivity contribution in [3.05, 3.63) is 0 Å². The number of carboxylic acid groups (broad SMARTS) is 1. The predicted molar refractivity (Wildman–Crippen MR) is 58.9 cm³/mol. The van der Waals surface area contributed by atoms with Gasteiger partial charge in [-0.25, -0.2) is 4.79 Å². The second-order valence-corrected chi connectivity index (χ2v) is 4.94. The normalized spacial score (nSPS) is 26.2. The summed E-state index contributed by atoms with van der Waals surface area (Å²) in [5.41, 5.74) is 0. The van der Waals surface area contributed by atoms with Crippen LogP contribution in [0.25, 0.3) is 0 Å². The van der Waals surface area contributed by atoms with Crippen LogP contribution in [0.1, 0.15) is 44.9 Å². The van der Waals surface area contributed by atoms with Gasteiger partial charge in [-0.1, -0.05) is 12.8 Å². The number of carboxylic acids is 1. The highest BCUT2D eigenvalue weighted by molar-refractivity contribution is 5.84. The quantitative estimate of drug-likeness (QED) is 0.794. The Morgan fingerprint density at radius 1 is 1.12 bits per heavy atom. The number of amides is 1. The number of carbonyl (C=O) groups is 2. The molecular weight excluding hydrogens is 206 g/mol. The Labute approximate surface area is 95.6 Å². The Morgan fingerprint density at radius 3 is 2.50 bits per heavy atom. The summed E-state index contributed by atoms with van der Waals surface area (Å²) in [4.78, 5) is 24.7. The molecule has 1 unspecified atom stereocenters. The molecule has 0 aromatic heterocycles. The van der Waals surface area contributed by atoms with Crippen LogP contribution in [0.15, 0.2) is 0 Å². The number of hydrogen-bond acceptors (Lipinski definition) is 2. The van der Waals surface area contributed by atoms with Crippen molar-refractivity contribution in [3.63, 3.8) is 0 Å². The third-order valence-corrected chi connectivity index (χ3v) is 3.52. The van der Waals surface area contributed by atoms with E-state index in [0.29, 0.717) is 25.3 Å². The monoisotopic (exact) mass is 225 g/mol. The molecule has 90 valence electrons. The van der Waals surface area contributed by atoms with E-state index in [4.69, 9.17) is 5.11 Å². The van der Waals surface area contributed by atoms with Crippen molar-refractivity contribution in [3.8, 4) is 0 Å². The second-order valence-electron chi connectivity index (χ2n) is 4.94. The highest BCUT2D eigenvalue weighted by Crippen LogP contribution is 2.33. The Hall–Kier alpha value is -1.06. The van der Waals surface area contributed by atoms with Gasteiger partial charge in [-0.3, -0.25) is 4.79 Å². The van der Waals surface area contributed by atoms with Gasteiger partial charge in [0.25, 0.3) is 0 Å². The Balaban J connectivity index is 2.00. The molecule has 1 aliphatic carbocycles. The first kappa shape index (κ1) is 11.4. The molecule has 1 heterocycles. The Morgan fingerprint density at radius 2 is 1.88 bits per heavy atom. The van der Waals surface area contributed by atoms with E-state index < -0.39 is 12.0 Å². The Bertz CT molecular complexity index is 286. The average molecular weight is 225 g/mol. The zero-order chi connectivity index (χ0) is 11.5. The lowest BCUT2D eigenvalue weighted by Gasteiger charge is -2.27. The zero-order valence-corrected chi connectivity index (χ0v) is 9.52. The SMILES string of the molecule is O=C(O)C1CCCCCN1C(=O)CC1CC1. The van der Waals surface area contributed by atoms with Crippen molar-refractivity contribution in [1.29, 1.82) is 0 Å². The van der Waals surface area contributed by atoms with Crippen LogP contribution >= 0.6 is 0 Å². The molecule has 1 atom stereocenters. The van der Waals surface area contributed by atoms with Crippen molar-refractivity contribution in [1.82, 2.24) is 4.90 Å². The summed E-state index contributed by atoms with van der Waals surface area (Å²) in [5.74, 6) is -0.256. The first-order valence-corrected chi connectivity index (χ1v) is 6.21. The van der Waals surface area contributed by atoms with Gasteiger partial charge < -0.3 is 10.0 Å². The molecule has 2 fully saturated rings. The predicted octanol–water partition coefficient (Wildman–Crippen LogP) is 1.64. The van der Waals surface area contributed by atoms with Gasteiger partial charge in [0.15, 0.2) is 0 Å². The van der Waals surface area contributed by atoms with Gasteiger partial charge >= 0.3 is 5.97 Å². The summed E-state index contributed by atoms with van der Waals surface area (Å²) in [6.07, 6.45) is 6.35. The molecule has 1 saturated carbocycles. The minimum atomic E-state index is -0.842. The number of hydrogen-bond donors (Lipinski definition) is 1. The van der Waals surface area contributed by atoms with E-state index in [2.05, 4.69) is 0 Å². The highest BCUT2D eigenvalue weighted by Gasteiger charge is 2.33. The fourth-order valence-electron chi connectivity index (χ4n) is 2.35. The zero-order valence-electron chi connectivity index (χ0n) is 9.52. The molecule has 4 nitrogen and oxygen atoms in total. The number of carbonyl (C=O) groups excluding carboxylic acids is 1. The van der Waals surface area contributed by atoms with E-state index in [1.807, 2.05) is 0 Å². The minimum absolute atomic E-state index is 0.0526. The van der Waals surface area contributed by atoms with Gasteiger partial charge in [-0.05, 0) is 31.6 Å². The van der Waals surface area contributed by atoms with Crippen molar-refractivity contribution >= 4 is 11.9 Å². The van der Waals surface area contributed by atoms with Crippen LogP contribution < -0.4 is 0 Å². The van der Waals surface area contributed by atoms with Crippen LogP contribution in [0.3, 0.4) is 0 Å². The van der Waals surface area contributed by atoms with Gasteiger partial charge in [-0.15, -0.1) is 0 Å². The maximum absolute atomic E-state index is 12.0. The minimum Gasteiger partial charge on any atom is -0.480 e. The van der Waals surface area contributed by atoms with Crippen LogP contribution in [0.2, 0.25) is 0 Å². The largest absolute Gasteiger partial charge is 0.480 e. The number of rotatable bonds is 3. The summed E-state index contributed by atoms with van der Waals surface area (Å²) >= 11 is 0. The maximum Gasteiger partial charge on any atom is 0.326 e. The van der Waals surface area contributed by atoms with Crippen LogP contribution in [-0.2, 0) is 9.59 Å². The summed E-state index contributed by atoms with van der Waals surface area (Å²) in [6, 6.07) is -0.575. The van der Waals surface area contributed by atoms with E-state index in [0.717, 1.165) is 32.1 Å². The molecule has 2 aliphatic rings. The van der Waals surface area contributed by atoms with Crippen molar-refractivity contribution < 1.29 is 14.7 Å². The van der Waals surface area contributed by atoms with Gasteiger partial charge in [-0.2, -0.15) is 0 Å². The Kier molecular flexibility index (Phi) is 3.46. The lowest BCUT2D eigenvalue weighted by atomic mass is 10.1. The third-order valence-electron chi connectivity index (χ3n) is 3.52. The van der Waals surface area contributed by atoms with Crippen molar-refractivity contribution in [2.24, 2.45) is 5.92 Å². The van der Waals surface area contributed by atoms with Crippen LogP contribution in [0.5, 0.6) is 0 Å². The molecule has 1 N–H and O–H groups in total. The number of nitrogens with zero attached hydrogens (tertiary/aromatic N) is 1. The third kappa shape index (κ3) is 2.74. The fraction of sp³-hybridized carbons (Fsp3) is 0.833. The topological polar surface area (TPSA) is 57.6 Å².